The van der Waals surface area contributed by atoms with E-state index in [0.717, 1.165) is 16.6 Å². The molecule has 3 rings (SSSR count). The number of nitrogens with zero attached hydrogens (tertiary/aromatic N) is 2. The van der Waals surface area contributed by atoms with Crippen molar-refractivity contribution in [2.75, 3.05) is 5.73 Å². The van der Waals surface area contributed by atoms with Crippen LogP contribution < -0.4 is 5.73 Å². The summed E-state index contributed by atoms with van der Waals surface area (Å²) < 4.78 is 0. The normalized spacial score (nSPS) is 10.9. The van der Waals surface area contributed by atoms with E-state index in [1.807, 2.05) is 25.1 Å². The van der Waals surface area contributed by atoms with E-state index >= 15 is 0 Å². The zero-order chi connectivity index (χ0) is 12.7. The van der Waals surface area contributed by atoms with E-state index < -0.39 is 0 Å². The summed E-state index contributed by atoms with van der Waals surface area (Å²) in [6.45, 7) is 1.84. The minimum Gasteiger partial charge on any atom is -0.508 e. The van der Waals surface area contributed by atoms with Crippen LogP contribution in [0.4, 0.5) is 5.82 Å². The number of aromatic nitrogens is 3. The fourth-order valence-corrected chi connectivity index (χ4v) is 1.85. The standard InChI is InChI=1S/C13H12N4O/c1-7-6-8(2-4-10(7)18)12-15-9-3-5-11(14)16-13(9)17-12/h2-6,18H,1H3,(H3,14,15,16,17). The van der Waals surface area contributed by atoms with Crippen LogP contribution in [0.3, 0.4) is 0 Å². The number of H-pyrrole nitrogens is 1. The van der Waals surface area contributed by atoms with Crippen LogP contribution in [0.5, 0.6) is 5.75 Å². The number of imidazole rings is 1. The van der Waals surface area contributed by atoms with Crippen molar-refractivity contribution in [2.24, 2.45) is 0 Å². The molecule has 0 aliphatic rings. The van der Waals surface area contributed by atoms with Crippen LogP contribution in [0, 0.1) is 6.92 Å². The molecule has 3 aromatic rings. The maximum atomic E-state index is 9.51. The average Bonchev–Trinajstić information content (AvgIpc) is 2.75. The van der Waals surface area contributed by atoms with Gasteiger partial charge in [-0.25, -0.2) is 9.97 Å². The number of pyridine rings is 1. The predicted octanol–water partition coefficient (Wildman–Crippen LogP) is 2.22. The molecule has 90 valence electrons. The van der Waals surface area contributed by atoms with Crippen LogP contribution in [-0.2, 0) is 0 Å². The summed E-state index contributed by atoms with van der Waals surface area (Å²) in [5.41, 5.74) is 8.76. The van der Waals surface area contributed by atoms with Crippen LogP contribution in [-0.4, -0.2) is 20.1 Å². The fraction of sp³-hybridized carbons (Fsp3) is 0.0769. The fourth-order valence-electron chi connectivity index (χ4n) is 1.85. The molecule has 0 fully saturated rings. The Morgan fingerprint density at radius 1 is 1.17 bits per heavy atom. The highest BCUT2D eigenvalue weighted by Crippen LogP contribution is 2.25. The molecule has 0 spiro atoms. The van der Waals surface area contributed by atoms with Crippen LogP contribution >= 0.6 is 0 Å². The summed E-state index contributed by atoms with van der Waals surface area (Å²) in [6.07, 6.45) is 0. The first-order valence-electron chi connectivity index (χ1n) is 5.56. The van der Waals surface area contributed by atoms with Crippen molar-refractivity contribution in [1.82, 2.24) is 15.0 Å². The van der Waals surface area contributed by atoms with E-state index in [9.17, 15) is 5.11 Å². The average molecular weight is 240 g/mol. The van der Waals surface area contributed by atoms with Crippen molar-refractivity contribution in [1.29, 1.82) is 0 Å². The third-order valence-electron chi connectivity index (χ3n) is 2.84. The number of nitrogen functional groups attached to an aromatic ring is 1. The maximum absolute atomic E-state index is 9.51. The van der Waals surface area contributed by atoms with Crippen LogP contribution in [0.2, 0.25) is 0 Å². The van der Waals surface area contributed by atoms with Gasteiger partial charge < -0.3 is 15.8 Å². The second-order valence-corrected chi connectivity index (χ2v) is 4.19. The Morgan fingerprint density at radius 3 is 2.78 bits per heavy atom. The number of anilines is 1. The van der Waals surface area contributed by atoms with E-state index in [1.165, 1.54) is 0 Å². The molecule has 0 amide bonds. The number of rotatable bonds is 1. The molecule has 0 aliphatic heterocycles. The number of aromatic amines is 1. The van der Waals surface area contributed by atoms with Crippen molar-refractivity contribution in [3.8, 4) is 17.1 Å². The van der Waals surface area contributed by atoms with Gasteiger partial charge in [-0.05, 0) is 42.8 Å². The Kier molecular flexibility index (Phi) is 2.19. The van der Waals surface area contributed by atoms with E-state index in [0.29, 0.717) is 17.3 Å². The quantitative estimate of drug-likeness (QED) is 0.608. The third-order valence-corrected chi connectivity index (χ3v) is 2.84. The highest BCUT2D eigenvalue weighted by atomic mass is 16.3. The summed E-state index contributed by atoms with van der Waals surface area (Å²) >= 11 is 0. The Balaban J connectivity index is 2.16. The van der Waals surface area contributed by atoms with Gasteiger partial charge in [0, 0.05) is 5.56 Å². The van der Waals surface area contributed by atoms with Crippen LogP contribution in [0.25, 0.3) is 22.6 Å². The Labute approximate surface area is 103 Å². The number of hydrogen-bond acceptors (Lipinski definition) is 4. The van der Waals surface area contributed by atoms with Crippen LogP contribution in [0.15, 0.2) is 30.3 Å². The molecular weight excluding hydrogens is 228 g/mol. The lowest BCUT2D eigenvalue weighted by molar-refractivity contribution is 0.471. The number of aryl methyl sites for hydroxylation is 1. The summed E-state index contributed by atoms with van der Waals surface area (Å²) in [5, 5.41) is 9.51. The number of hydrogen-bond donors (Lipinski definition) is 3. The first kappa shape index (κ1) is 10.6. The molecule has 0 saturated carbocycles. The molecule has 2 heterocycles. The van der Waals surface area contributed by atoms with Gasteiger partial charge >= 0.3 is 0 Å². The number of nitrogens with two attached hydrogens (primary N) is 1. The molecule has 0 atom stereocenters. The number of nitrogens with one attached hydrogen (secondary N) is 1. The number of fused-ring (bicyclic) bond motifs is 1. The smallest absolute Gasteiger partial charge is 0.180 e. The molecule has 0 unspecified atom stereocenters. The zero-order valence-electron chi connectivity index (χ0n) is 9.81. The van der Waals surface area contributed by atoms with Gasteiger partial charge in [0.15, 0.2) is 5.65 Å². The van der Waals surface area contributed by atoms with E-state index in [4.69, 9.17) is 5.73 Å². The molecule has 2 aromatic heterocycles. The molecule has 5 heteroatoms. The van der Waals surface area contributed by atoms with Crippen molar-refractivity contribution >= 4 is 17.0 Å². The summed E-state index contributed by atoms with van der Waals surface area (Å²) in [7, 11) is 0. The first-order chi connectivity index (χ1) is 8.63. The van der Waals surface area contributed by atoms with E-state index in [1.54, 1.807) is 12.1 Å². The molecule has 0 radical (unpaired) electrons. The van der Waals surface area contributed by atoms with Crippen molar-refractivity contribution in [3.05, 3.63) is 35.9 Å². The van der Waals surface area contributed by atoms with Gasteiger partial charge in [-0.1, -0.05) is 0 Å². The summed E-state index contributed by atoms with van der Waals surface area (Å²) in [6, 6.07) is 8.91. The molecule has 5 nitrogen and oxygen atoms in total. The first-order valence-corrected chi connectivity index (χ1v) is 5.56. The Bertz CT molecular complexity index is 733. The molecule has 0 bridgehead atoms. The van der Waals surface area contributed by atoms with Gasteiger partial charge in [0.25, 0.3) is 0 Å². The SMILES string of the molecule is Cc1cc(-c2nc3nc(N)ccc3[nH]2)ccc1O. The van der Waals surface area contributed by atoms with Crippen LogP contribution in [0.1, 0.15) is 5.56 Å². The molecule has 18 heavy (non-hydrogen) atoms. The number of phenolic OH excluding ortho intramolecular Hbond substituents is 1. The topological polar surface area (TPSA) is 87.8 Å². The highest BCUT2D eigenvalue weighted by molar-refractivity contribution is 5.77. The lowest BCUT2D eigenvalue weighted by atomic mass is 10.1. The number of aromatic hydroxyl groups is 1. The third kappa shape index (κ3) is 1.66. The second kappa shape index (κ2) is 3.73. The largest absolute Gasteiger partial charge is 0.508 e. The molecule has 1 aromatic carbocycles. The minimum absolute atomic E-state index is 0.275. The highest BCUT2D eigenvalue weighted by Gasteiger charge is 2.07. The van der Waals surface area contributed by atoms with Gasteiger partial charge in [0.2, 0.25) is 0 Å². The van der Waals surface area contributed by atoms with Gasteiger partial charge in [-0.3, -0.25) is 0 Å². The monoisotopic (exact) mass is 240 g/mol. The lowest BCUT2D eigenvalue weighted by Gasteiger charge is -2.00. The second-order valence-electron chi connectivity index (χ2n) is 4.19. The summed E-state index contributed by atoms with van der Waals surface area (Å²) in [4.78, 5) is 11.7. The van der Waals surface area contributed by atoms with E-state index in [2.05, 4.69) is 15.0 Å². The Morgan fingerprint density at radius 2 is 2.00 bits per heavy atom. The minimum atomic E-state index is 0.275. The van der Waals surface area contributed by atoms with Gasteiger partial charge in [0.1, 0.15) is 17.4 Å². The van der Waals surface area contributed by atoms with Crippen molar-refractivity contribution in [2.45, 2.75) is 6.92 Å². The molecule has 0 saturated heterocycles. The number of benzene rings is 1. The molecule has 0 aliphatic carbocycles. The lowest BCUT2D eigenvalue weighted by Crippen LogP contribution is -1.88. The Hall–Kier alpha value is -2.56. The van der Waals surface area contributed by atoms with Gasteiger partial charge in [-0.15, -0.1) is 0 Å². The summed E-state index contributed by atoms with van der Waals surface area (Å²) in [5.74, 6) is 1.44. The maximum Gasteiger partial charge on any atom is 0.180 e. The zero-order valence-corrected chi connectivity index (χ0v) is 9.81. The predicted molar refractivity (Wildman–Crippen MR) is 70.1 cm³/mol. The van der Waals surface area contributed by atoms with Crippen molar-refractivity contribution in [3.63, 3.8) is 0 Å². The molecule has 4 N–H and O–H groups in total. The number of phenols is 1. The van der Waals surface area contributed by atoms with Crippen molar-refractivity contribution < 1.29 is 5.11 Å². The molecular formula is C13H12N4O. The van der Waals surface area contributed by atoms with E-state index in [-0.39, 0.29) is 5.75 Å². The van der Waals surface area contributed by atoms with Gasteiger partial charge in [0.05, 0.1) is 5.52 Å². The van der Waals surface area contributed by atoms with Gasteiger partial charge in [-0.2, -0.15) is 0 Å².